The topological polar surface area (TPSA) is 113 Å². The summed E-state index contributed by atoms with van der Waals surface area (Å²) in [6.07, 6.45) is 6.19. The van der Waals surface area contributed by atoms with Crippen molar-refractivity contribution in [3.05, 3.63) is 63.2 Å². The van der Waals surface area contributed by atoms with E-state index in [1.54, 1.807) is 12.1 Å². The summed E-state index contributed by atoms with van der Waals surface area (Å²) in [4.78, 5) is 41.6. The van der Waals surface area contributed by atoms with Crippen molar-refractivity contribution in [3.8, 4) is 0 Å². The van der Waals surface area contributed by atoms with Crippen LogP contribution in [0.1, 0.15) is 43.2 Å². The fourth-order valence-corrected chi connectivity index (χ4v) is 3.18. The van der Waals surface area contributed by atoms with Crippen LogP contribution in [-0.2, 0) is 38.1 Å². The molecule has 0 unspecified atom stereocenters. The minimum atomic E-state index is -3.22. The molecule has 0 saturated heterocycles. The van der Waals surface area contributed by atoms with Gasteiger partial charge in [-0.1, -0.05) is 11.6 Å². The zero-order valence-corrected chi connectivity index (χ0v) is 21.2. The summed E-state index contributed by atoms with van der Waals surface area (Å²) in [6, 6.07) is 3.42. The number of esters is 2. The highest BCUT2D eigenvalue weighted by atomic mass is 36.0. The van der Waals surface area contributed by atoms with E-state index in [2.05, 4.69) is 53.2 Å². The van der Waals surface area contributed by atoms with E-state index in [-0.39, 0.29) is 11.8 Å². The van der Waals surface area contributed by atoms with E-state index in [1.807, 2.05) is 6.08 Å². The number of methoxy groups -OCH3 is 2. The minimum absolute atomic E-state index is 0.148. The predicted octanol–water partition coefficient (Wildman–Crippen LogP) is 5.35. The Balaban J connectivity index is 0.000000195. The molecule has 176 valence electrons. The number of hydrogen-bond donors (Lipinski definition) is 0. The Hall–Kier alpha value is -1.96. The summed E-state index contributed by atoms with van der Waals surface area (Å²) in [6.45, 7) is 0. The van der Waals surface area contributed by atoms with Crippen molar-refractivity contribution < 1.29 is 28.4 Å². The lowest BCUT2D eigenvalue weighted by atomic mass is 10.1. The lowest BCUT2D eigenvalue weighted by Crippen LogP contribution is -2.03. The van der Waals surface area contributed by atoms with E-state index in [0.29, 0.717) is 30.4 Å². The van der Waals surface area contributed by atoms with Crippen LogP contribution in [0.2, 0.25) is 0 Å². The first-order valence-electron chi connectivity index (χ1n) is 9.11. The van der Waals surface area contributed by atoms with Crippen molar-refractivity contribution in [2.75, 3.05) is 14.2 Å². The molecule has 4 rings (SSSR count). The van der Waals surface area contributed by atoms with Gasteiger partial charge >= 0.3 is 17.1 Å². The van der Waals surface area contributed by atoms with Crippen molar-refractivity contribution in [1.82, 2.24) is 9.97 Å². The molecule has 2 aromatic heterocycles. The smallest absolute Gasteiger partial charge is 0.339 e. The fourth-order valence-electron chi connectivity index (χ4n) is 2.93. The Morgan fingerprint density at radius 1 is 0.909 bits per heavy atom. The number of nitrogens with zero attached hydrogens (tertiary/aromatic N) is 2. The van der Waals surface area contributed by atoms with Crippen LogP contribution in [0.3, 0.4) is 0 Å². The van der Waals surface area contributed by atoms with Gasteiger partial charge in [0.05, 0.1) is 36.7 Å². The molecule has 0 bridgehead atoms. The van der Waals surface area contributed by atoms with Gasteiger partial charge in [-0.15, -0.1) is 0 Å². The molecule has 2 aliphatic rings. The molecular formula is C20H17Cl4N2O6P. The van der Waals surface area contributed by atoms with Gasteiger partial charge in [0, 0.05) is 36.7 Å². The van der Waals surface area contributed by atoms with E-state index in [0.717, 1.165) is 27.5 Å². The number of ether oxygens (including phenoxy) is 2. The number of aromatic nitrogens is 2. The maximum Gasteiger partial charge on any atom is 0.339 e. The molecule has 2 aromatic rings. The third-order valence-electron chi connectivity index (χ3n) is 4.31. The molecule has 2 aliphatic carbocycles. The normalized spacial score (nSPS) is 13.4. The Labute approximate surface area is 208 Å². The fraction of sp³-hybridized carbons (Fsp3) is 0.250. The molecule has 0 aromatic carbocycles. The van der Waals surface area contributed by atoms with Crippen LogP contribution in [0.15, 0.2) is 29.6 Å². The maximum absolute atomic E-state index is 11.2. The van der Waals surface area contributed by atoms with E-state index >= 15 is 0 Å². The van der Waals surface area contributed by atoms with Gasteiger partial charge < -0.3 is 9.47 Å². The monoisotopic (exact) mass is 552 g/mol. The van der Waals surface area contributed by atoms with E-state index < -0.39 is 11.2 Å². The van der Waals surface area contributed by atoms with Crippen molar-refractivity contribution in [3.63, 3.8) is 0 Å². The first-order valence-corrected chi connectivity index (χ1v) is 13.9. The molecular weight excluding hydrogens is 537 g/mol. The van der Waals surface area contributed by atoms with Gasteiger partial charge in [0.2, 0.25) is 0 Å². The highest BCUT2D eigenvalue weighted by Crippen LogP contribution is 2.61. The lowest BCUT2D eigenvalue weighted by molar-refractivity contribution is -0.117. The summed E-state index contributed by atoms with van der Waals surface area (Å²) >= 11 is 19.7. The average molecular weight is 554 g/mol. The minimum Gasteiger partial charge on any atom is -0.465 e. The van der Waals surface area contributed by atoms with Gasteiger partial charge in [0.1, 0.15) is 5.78 Å². The van der Waals surface area contributed by atoms with Crippen LogP contribution in [0, 0.1) is 0 Å². The SMILES string of the molecule is COC(=O)c1cnc2c(c1)C=C(Cl)C2.COC(=O)c1cnc2c(c1)CC(=O)C2.O=P(Cl)(Cl)Cl. The number of carbonyl (C=O) groups excluding carboxylic acids is 3. The van der Waals surface area contributed by atoms with Crippen molar-refractivity contribution in [1.29, 1.82) is 0 Å². The quantitative estimate of drug-likeness (QED) is 0.361. The molecule has 0 fully saturated rings. The van der Waals surface area contributed by atoms with Gasteiger partial charge in [-0.25, -0.2) is 9.59 Å². The molecule has 0 aliphatic heterocycles. The largest absolute Gasteiger partial charge is 0.465 e. The Morgan fingerprint density at radius 2 is 1.42 bits per heavy atom. The first-order chi connectivity index (χ1) is 15.4. The number of ketones is 1. The number of fused-ring (bicyclic) bond motifs is 2. The van der Waals surface area contributed by atoms with Crippen molar-refractivity contribution >= 4 is 74.3 Å². The van der Waals surface area contributed by atoms with Crippen LogP contribution < -0.4 is 0 Å². The molecule has 0 atom stereocenters. The molecule has 0 radical (unpaired) electrons. The number of allylic oxidation sites excluding steroid dienone is 1. The second-order valence-electron chi connectivity index (χ2n) is 6.63. The Morgan fingerprint density at radius 3 is 1.97 bits per heavy atom. The summed E-state index contributed by atoms with van der Waals surface area (Å²) < 4.78 is 18.7. The zero-order valence-electron chi connectivity index (χ0n) is 17.3. The second-order valence-corrected chi connectivity index (χ2v) is 13.8. The van der Waals surface area contributed by atoms with Gasteiger partial charge in [0.25, 0.3) is 0 Å². The molecule has 8 nitrogen and oxygen atoms in total. The molecule has 0 amide bonds. The van der Waals surface area contributed by atoms with Gasteiger partial charge in [-0.3, -0.25) is 19.3 Å². The number of carbonyl (C=O) groups is 3. The predicted molar refractivity (Wildman–Crippen MR) is 126 cm³/mol. The van der Waals surface area contributed by atoms with Gasteiger partial charge in [-0.2, -0.15) is 0 Å². The van der Waals surface area contributed by atoms with Crippen molar-refractivity contribution in [2.45, 2.75) is 19.3 Å². The van der Waals surface area contributed by atoms with E-state index in [1.165, 1.54) is 26.6 Å². The molecule has 2 heterocycles. The lowest BCUT2D eigenvalue weighted by Gasteiger charge is -2.01. The number of pyridine rings is 2. The third-order valence-corrected chi connectivity index (χ3v) is 4.55. The van der Waals surface area contributed by atoms with Crippen LogP contribution in [0.5, 0.6) is 0 Å². The molecule has 0 saturated carbocycles. The van der Waals surface area contributed by atoms with Crippen LogP contribution in [0.4, 0.5) is 0 Å². The molecule has 0 N–H and O–H groups in total. The highest BCUT2D eigenvalue weighted by Gasteiger charge is 2.21. The maximum atomic E-state index is 11.2. The highest BCUT2D eigenvalue weighted by molar-refractivity contribution is 8.24. The standard InChI is InChI=1S/C10H8ClNO2.C10H9NO3.Cl3OP/c1-14-10(13)7-2-6-3-8(11)4-9(6)12-5-7;1-14-10(13)7-2-6-3-8(12)4-9(6)11-5-7;1-5(2,3)4/h2-3,5H,4H2,1H3;2,5H,3-4H2,1H3;. The van der Waals surface area contributed by atoms with E-state index in [9.17, 15) is 18.9 Å². The number of Topliss-reactive ketones (excluding diaryl/α,β-unsaturated/α-hetero) is 1. The van der Waals surface area contributed by atoms with Crippen LogP contribution in [-0.4, -0.2) is 41.9 Å². The van der Waals surface area contributed by atoms with Gasteiger partial charge in [0.15, 0.2) is 0 Å². The Bertz CT molecular complexity index is 1160. The van der Waals surface area contributed by atoms with Crippen LogP contribution >= 0.6 is 50.5 Å². The summed E-state index contributed by atoms with van der Waals surface area (Å²) in [5, 5.41) is -2.48. The number of hydrogen-bond acceptors (Lipinski definition) is 8. The molecule has 33 heavy (non-hydrogen) atoms. The number of halogens is 4. The first kappa shape index (κ1) is 27.3. The summed E-state index contributed by atoms with van der Waals surface area (Å²) in [7, 11) is 2.67. The third kappa shape index (κ3) is 8.72. The van der Waals surface area contributed by atoms with Crippen molar-refractivity contribution in [2.24, 2.45) is 0 Å². The summed E-state index contributed by atoms with van der Waals surface area (Å²) in [5.41, 5.74) is 4.29. The number of rotatable bonds is 2. The van der Waals surface area contributed by atoms with Gasteiger partial charge in [-0.05, 0) is 63.1 Å². The summed E-state index contributed by atoms with van der Waals surface area (Å²) in [5.74, 6) is -0.647. The van der Waals surface area contributed by atoms with E-state index in [4.69, 9.17) is 11.6 Å². The average Bonchev–Trinajstić information content (AvgIpc) is 3.30. The Kier molecular flexibility index (Phi) is 9.88. The zero-order chi connectivity index (χ0) is 24.8. The molecule has 13 heteroatoms. The van der Waals surface area contributed by atoms with Crippen LogP contribution in [0.25, 0.3) is 6.08 Å². The molecule has 0 spiro atoms. The second kappa shape index (κ2) is 12.0.